The Morgan fingerprint density at radius 2 is 2.21 bits per heavy atom. The Bertz CT molecular complexity index is 311. The minimum absolute atomic E-state index is 0.209. The Balaban J connectivity index is 2.42. The van der Waals surface area contributed by atoms with E-state index in [1.807, 2.05) is 6.92 Å². The predicted octanol–water partition coefficient (Wildman–Crippen LogP) is -0.284. The first-order chi connectivity index (χ1) is 6.42. The second-order valence-corrected chi connectivity index (χ2v) is 4.74. The summed E-state index contributed by atoms with van der Waals surface area (Å²) in [5.41, 5.74) is -1.21. The van der Waals surface area contributed by atoms with Gasteiger partial charge in [-0.05, 0) is 19.8 Å². The molecule has 1 aliphatic carbocycles. The van der Waals surface area contributed by atoms with Gasteiger partial charge in [-0.15, -0.1) is 0 Å². The molecule has 0 aromatic carbocycles. The first kappa shape index (κ1) is 9.49. The fraction of sp³-hybridized carbons (Fsp3) is 0.800. The van der Waals surface area contributed by atoms with Crippen LogP contribution in [0.1, 0.15) is 26.7 Å². The second-order valence-electron chi connectivity index (χ2n) is 4.74. The number of carboxylic acids is 1. The molecular weight excluding hydrogens is 184 g/mol. The van der Waals surface area contributed by atoms with Crippen molar-refractivity contribution in [2.45, 2.75) is 26.7 Å². The number of carboxylic acid groups (broad SMARTS) is 1. The molecule has 1 aliphatic heterocycles. The summed E-state index contributed by atoms with van der Waals surface area (Å²) >= 11 is 0. The summed E-state index contributed by atoms with van der Waals surface area (Å²) in [4.78, 5) is 22.4. The molecule has 4 heteroatoms. The van der Waals surface area contributed by atoms with E-state index in [1.165, 1.54) is 0 Å². The zero-order valence-electron chi connectivity index (χ0n) is 8.33. The van der Waals surface area contributed by atoms with Crippen molar-refractivity contribution < 1.29 is 19.4 Å². The minimum atomic E-state index is -1.06. The van der Waals surface area contributed by atoms with E-state index in [-0.39, 0.29) is 12.6 Å². The maximum Gasteiger partial charge on any atom is 0.312 e. The lowest BCUT2D eigenvalue weighted by Crippen LogP contribution is -2.44. The molecule has 0 N–H and O–H groups in total. The molecule has 14 heavy (non-hydrogen) atoms. The van der Waals surface area contributed by atoms with Crippen molar-refractivity contribution in [3.05, 3.63) is 0 Å². The summed E-state index contributed by atoms with van der Waals surface area (Å²) in [6.07, 6.45) is 1.10. The number of aliphatic carboxylic acids is 1. The first-order valence-corrected chi connectivity index (χ1v) is 4.80. The summed E-state index contributed by atoms with van der Waals surface area (Å²) in [7, 11) is 0. The molecule has 0 aromatic rings. The van der Waals surface area contributed by atoms with Crippen molar-refractivity contribution in [2.75, 3.05) is 6.61 Å². The normalized spacial score (nSPS) is 46.1. The molecule has 0 amide bonds. The molecule has 1 heterocycles. The van der Waals surface area contributed by atoms with Crippen molar-refractivity contribution in [2.24, 2.45) is 16.7 Å². The molecule has 0 spiro atoms. The molecule has 4 nitrogen and oxygen atoms in total. The highest BCUT2D eigenvalue weighted by atomic mass is 16.5. The Labute approximate surface area is 82.2 Å². The summed E-state index contributed by atoms with van der Waals surface area (Å²) in [6, 6.07) is 0. The fourth-order valence-corrected chi connectivity index (χ4v) is 2.77. The van der Waals surface area contributed by atoms with Gasteiger partial charge in [0.15, 0.2) is 0 Å². The van der Waals surface area contributed by atoms with Crippen LogP contribution >= 0.6 is 0 Å². The van der Waals surface area contributed by atoms with Gasteiger partial charge in [0.05, 0.1) is 12.0 Å². The number of esters is 1. The predicted molar refractivity (Wildman–Crippen MR) is 44.9 cm³/mol. The molecule has 0 unspecified atom stereocenters. The largest absolute Gasteiger partial charge is 0.550 e. The van der Waals surface area contributed by atoms with Crippen LogP contribution in [0.3, 0.4) is 0 Å². The zero-order valence-corrected chi connectivity index (χ0v) is 8.33. The van der Waals surface area contributed by atoms with E-state index in [2.05, 4.69) is 0 Å². The minimum Gasteiger partial charge on any atom is -0.550 e. The van der Waals surface area contributed by atoms with Gasteiger partial charge in [-0.1, -0.05) is 6.92 Å². The lowest BCUT2D eigenvalue weighted by Gasteiger charge is -2.34. The van der Waals surface area contributed by atoms with Crippen LogP contribution < -0.4 is 5.11 Å². The molecule has 3 atom stereocenters. The number of hydrogen-bond donors (Lipinski definition) is 0. The topological polar surface area (TPSA) is 66.4 Å². The quantitative estimate of drug-likeness (QED) is 0.542. The first-order valence-electron chi connectivity index (χ1n) is 4.80. The average molecular weight is 197 g/mol. The number of carbonyl (C=O) groups excluding carboxylic acids is 2. The van der Waals surface area contributed by atoms with Gasteiger partial charge in [0.2, 0.25) is 0 Å². The number of ether oxygens (including phenoxy) is 1. The molecular formula is C10H13O4-. The van der Waals surface area contributed by atoms with E-state index in [0.717, 1.165) is 0 Å². The highest BCUT2D eigenvalue weighted by molar-refractivity contribution is 5.83. The van der Waals surface area contributed by atoms with Crippen LogP contribution in [0.4, 0.5) is 0 Å². The van der Waals surface area contributed by atoms with Crippen LogP contribution in [0.5, 0.6) is 0 Å². The monoisotopic (exact) mass is 197 g/mol. The molecule has 2 aliphatic rings. The Morgan fingerprint density at radius 1 is 1.57 bits per heavy atom. The van der Waals surface area contributed by atoms with Crippen LogP contribution in [0.15, 0.2) is 0 Å². The molecule has 1 saturated heterocycles. The maximum atomic E-state index is 11.5. The van der Waals surface area contributed by atoms with E-state index in [0.29, 0.717) is 12.8 Å². The van der Waals surface area contributed by atoms with Gasteiger partial charge in [0.1, 0.15) is 0 Å². The Kier molecular flexibility index (Phi) is 1.69. The van der Waals surface area contributed by atoms with Crippen LogP contribution in [-0.4, -0.2) is 18.5 Å². The van der Waals surface area contributed by atoms with Crippen molar-refractivity contribution in [3.8, 4) is 0 Å². The third kappa shape index (κ3) is 0.837. The second kappa shape index (κ2) is 2.49. The number of hydrogen-bond acceptors (Lipinski definition) is 4. The smallest absolute Gasteiger partial charge is 0.312 e. The molecule has 1 saturated carbocycles. The van der Waals surface area contributed by atoms with E-state index in [4.69, 9.17) is 4.74 Å². The van der Waals surface area contributed by atoms with E-state index in [1.54, 1.807) is 6.92 Å². The van der Waals surface area contributed by atoms with E-state index in [9.17, 15) is 14.7 Å². The van der Waals surface area contributed by atoms with Crippen molar-refractivity contribution >= 4 is 11.9 Å². The number of rotatable bonds is 1. The summed E-state index contributed by atoms with van der Waals surface area (Å²) in [6.45, 7) is 3.82. The van der Waals surface area contributed by atoms with Crippen molar-refractivity contribution in [1.29, 1.82) is 0 Å². The summed E-state index contributed by atoms with van der Waals surface area (Å²) < 4.78 is 4.98. The summed E-state index contributed by atoms with van der Waals surface area (Å²) in [5, 5.41) is 10.9. The fourth-order valence-electron chi connectivity index (χ4n) is 2.77. The van der Waals surface area contributed by atoms with Gasteiger partial charge in [-0.2, -0.15) is 0 Å². The summed E-state index contributed by atoms with van der Waals surface area (Å²) in [5.74, 6) is -1.88. The lowest BCUT2D eigenvalue weighted by molar-refractivity contribution is -0.315. The molecule has 78 valence electrons. The van der Waals surface area contributed by atoms with Crippen molar-refractivity contribution in [3.63, 3.8) is 0 Å². The SMILES string of the molecule is C[C@@]12COC(=O)[C@@]1(C)CC[C@H]2C(=O)[O-]. The lowest BCUT2D eigenvalue weighted by atomic mass is 9.66. The van der Waals surface area contributed by atoms with E-state index >= 15 is 0 Å². The van der Waals surface area contributed by atoms with Crippen LogP contribution in [-0.2, 0) is 14.3 Å². The van der Waals surface area contributed by atoms with Crippen LogP contribution in [0.25, 0.3) is 0 Å². The Morgan fingerprint density at radius 3 is 2.79 bits per heavy atom. The van der Waals surface area contributed by atoms with Crippen LogP contribution in [0, 0.1) is 16.7 Å². The van der Waals surface area contributed by atoms with Crippen LogP contribution in [0.2, 0.25) is 0 Å². The zero-order chi connectivity index (χ0) is 10.6. The number of cyclic esters (lactones) is 1. The molecule has 2 fully saturated rings. The standard InChI is InChI=1S/C10H14O4/c1-9-4-3-6(7(11)12)10(9,2)5-14-8(9)13/h6H,3-5H2,1-2H3,(H,11,12)/p-1/t6-,9+,10-/m0/s1. The maximum absolute atomic E-state index is 11.5. The molecule has 0 radical (unpaired) electrons. The highest BCUT2D eigenvalue weighted by Gasteiger charge is 2.64. The highest BCUT2D eigenvalue weighted by Crippen LogP contribution is 2.59. The van der Waals surface area contributed by atoms with Gasteiger partial charge in [-0.3, -0.25) is 4.79 Å². The van der Waals surface area contributed by atoms with Gasteiger partial charge in [0.25, 0.3) is 0 Å². The van der Waals surface area contributed by atoms with Crippen molar-refractivity contribution in [1.82, 2.24) is 0 Å². The number of fused-ring (bicyclic) bond motifs is 1. The van der Waals surface area contributed by atoms with Gasteiger partial charge in [0, 0.05) is 17.3 Å². The molecule has 0 bridgehead atoms. The number of carbonyl (C=O) groups is 2. The average Bonchev–Trinajstić information content (AvgIpc) is 2.47. The van der Waals surface area contributed by atoms with Gasteiger partial charge >= 0.3 is 5.97 Å². The third-order valence-corrected chi connectivity index (χ3v) is 4.20. The van der Waals surface area contributed by atoms with Gasteiger partial charge in [-0.25, -0.2) is 0 Å². The molecule has 2 rings (SSSR count). The Hall–Kier alpha value is -1.06. The molecule has 0 aromatic heterocycles. The third-order valence-electron chi connectivity index (χ3n) is 4.20. The van der Waals surface area contributed by atoms with Gasteiger partial charge < -0.3 is 14.6 Å². The van der Waals surface area contributed by atoms with E-state index < -0.39 is 22.7 Å².